The first-order valence-electron chi connectivity index (χ1n) is 8.38. The fraction of sp³-hybridized carbons (Fsp3) is 0.647. The molecular weight excluding hydrogens is 292 g/mol. The molecule has 1 atom stereocenters. The number of hydrazine groups is 1. The van der Waals surface area contributed by atoms with Crippen molar-refractivity contribution < 1.29 is 10.2 Å². The van der Waals surface area contributed by atoms with Gasteiger partial charge in [-0.25, -0.2) is 14.8 Å². The second-order valence-corrected chi connectivity index (χ2v) is 6.03. The van der Waals surface area contributed by atoms with E-state index in [2.05, 4.69) is 22.2 Å². The van der Waals surface area contributed by atoms with Crippen LogP contribution in [0.2, 0.25) is 0 Å². The van der Waals surface area contributed by atoms with Crippen LogP contribution in [-0.4, -0.2) is 33.8 Å². The average molecular weight is 318 g/mol. The lowest BCUT2D eigenvalue weighted by atomic mass is 9.94. The number of hydrogen-bond acceptors (Lipinski definition) is 5. The zero-order valence-electron chi connectivity index (χ0n) is 14.0. The van der Waals surface area contributed by atoms with Gasteiger partial charge in [-0.15, -0.1) is 0 Å². The van der Waals surface area contributed by atoms with Gasteiger partial charge in [-0.3, -0.25) is 5.43 Å². The summed E-state index contributed by atoms with van der Waals surface area (Å²) in [5.74, 6) is 0.571. The molecule has 0 bridgehead atoms. The highest BCUT2D eigenvalue weighted by Crippen LogP contribution is 2.36. The van der Waals surface area contributed by atoms with Gasteiger partial charge in [-0.05, 0) is 24.5 Å². The Morgan fingerprint density at radius 2 is 1.96 bits per heavy atom. The Morgan fingerprint density at radius 1 is 1.26 bits per heavy atom. The molecule has 1 unspecified atom stereocenters. The van der Waals surface area contributed by atoms with Crippen LogP contribution in [0.15, 0.2) is 27.7 Å². The van der Waals surface area contributed by atoms with Crippen LogP contribution in [0.5, 0.6) is 0 Å². The smallest absolute Gasteiger partial charge is 0.249 e. The van der Waals surface area contributed by atoms with Gasteiger partial charge in [0.25, 0.3) is 0 Å². The number of aliphatic hydroxyl groups excluding tert-OH is 2. The highest BCUT2D eigenvalue weighted by Gasteiger charge is 2.38. The van der Waals surface area contributed by atoms with E-state index in [0.717, 1.165) is 18.4 Å². The van der Waals surface area contributed by atoms with Crippen LogP contribution in [0.3, 0.4) is 0 Å². The summed E-state index contributed by atoms with van der Waals surface area (Å²) in [6.07, 6.45) is 7.22. The van der Waals surface area contributed by atoms with Gasteiger partial charge in [0.15, 0.2) is 6.17 Å². The highest BCUT2D eigenvalue weighted by molar-refractivity contribution is 5.81. The van der Waals surface area contributed by atoms with Crippen LogP contribution in [-0.2, 0) is 0 Å². The molecule has 6 nitrogen and oxygen atoms in total. The summed E-state index contributed by atoms with van der Waals surface area (Å²) in [4.78, 5) is 7.92. The molecule has 0 aromatic carbocycles. The van der Waals surface area contributed by atoms with Crippen molar-refractivity contribution in [2.45, 2.75) is 65.0 Å². The lowest BCUT2D eigenvalue weighted by Crippen LogP contribution is -2.44. The first kappa shape index (κ1) is 17.4. The molecule has 0 saturated heterocycles. The molecule has 0 radical (unpaired) electrons. The van der Waals surface area contributed by atoms with Gasteiger partial charge in [0.2, 0.25) is 11.6 Å². The molecule has 2 aliphatic rings. The predicted octanol–water partition coefficient (Wildman–Crippen LogP) is 3.25. The maximum atomic E-state index is 10.4. The molecule has 0 aromatic rings. The number of nitrogens with one attached hydrogen (secondary N) is 1. The topological polar surface area (TPSA) is 72.5 Å². The maximum Gasteiger partial charge on any atom is 0.249 e. The number of amidine groups is 1. The maximum absolute atomic E-state index is 10.4. The Bertz CT molecular complexity index is 572. The monoisotopic (exact) mass is 318 g/mol. The van der Waals surface area contributed by atoms with Crippen LogP contribution in [0, 0.1) is 6.57 Å². The Morgan fingerprint density at radius 3 is 2.61 bits per heavy atom. The molecule has 23 heavy (non-hydrogen) atoms. The molecule has 6 heteroatoms. The molecular formula is C17H26N4O2. The second-order valence-electron chi connectivity index (χ2n) is 6.03. The van der Waals surface area contributed by atoms with Crippen LogP contribution >= 0.6 is 0 Å². The summed E-state index contributed by atoms with van der Waals surface area (Å²) in [5.41, 5.74) is 4.64. The fourth-order valence-corrected chi connectivity index (χ4v) is 3.12. The van der Waals surface area contributed by atoms with Crippen LogP contribution in [0.1, 0.15) is 58.8 Å². The molecule has 0 spiro atoms. The van der Waals surface area contributed by atoms with E-state index in [4.69, 9.17) is 6.57 Å². The number of nitrogens with zero attached hydrogens (tertiary/aromatic N) is 3. The van der Waals surface area contributed by atoms with E-state index in [0.29, 0.717) is 17.8 Å². The van der Waals surface area contributed by atoms with Gasteiger partial charge in [0.1, 0.15) is 5.84 Å². The Labute approximate surface area is 138 Å². The standard InChI is InChI=1S/C17H26N4O2/c1-4-5-6-7-8-9-10-13-14(11-22)16-19-12(2)20-21(16)17(23)15(13)18-3/h16,22-23H,4-11H2,1-2H3,(H,19,20). The van der Waals surface area contributed by atoms with E-state index in [1.165, 1.54) is 30.7 Å². The summed E-state index contributed by atoms with van der Waals surface area (Å²) < 4.78 is 0. The quantitative estimate of drug-likeness (QED) is 0.474. The van der Waals surface area contributed by atoms with E-state index < -0.39 is 6.17 Å². The third kappa shape index (κ3) is 3.67. The summed E-state index contributed by atoms with van der Waals surface area (Å²) in [6.45, 7) is 11.2. The third-order valence-electron chi connectivity index (χ3n) is 4.33. The van der Waals surface area contributed by atoms with E-state index in [9.17, 15) is 10.2 Å². The van der Waals surface area contributed by atoms with Gasteiger partial charge in [0.05, 0.1) is 13.2 Å². The van der Waals surface area contributed by atoms with Gasteiger partial charge in [0, 0.05) is 0 Å². The van der Waals surface area contributed by atoms with Gasteiger partial charge >= 0.3 is 0 Å². The molecule has 2 heterocycles. The van der Waals surface area contributed by atoms with Crippen molar-refractivity contribution in [2.75, 3.05) is 6.61 Å². The molecule has 3 N–H and O–H groups in total. The first-order valence-corrected chi connectivity index (χ1v) is 8.38. The zero-order valence-corrected chi connectivity index (χ0v) is 14.0. The lowest BCUT2D eigenvalue weighted by molar-refractivity contribution is 0.141. The summed E-state index contributed by atoms with van der Waals surface area (Å²) >= 11 is 0. The van der Waals surface area contributed by atoms with Crippen molar-refractivity contribution >= 4 is 5.84 Å². The summed E-state index contributed by atoms with van der Waals surface area (Å²) in [6, 6.07) is 0. The van der Waals surface area contributed by atoms with Crippen molar-refractivity contribution in [3.8, 4) is 0 Å². The number of hydrogen-bond donors (Lipinski definition) is 3. The minimum absolute atomic E-state index is 0.0937. The number of unbranched alkanes of at least 4 members (excludes halogenated alkanes) is 5. The lowest BCUT2D eigenvalue weighted by Gasteiger charge is -2.32. The van der Waals surface area contributed by atoms with E-state index in [-0.39, 0.29) is 18.2 Å². The highest BCUT2D eigenvalue weighted by atomic mass is 16.3. The summed E-state index contributed by atoms with van der Waals surface area (Å²) in [7, 11) is 0. The van der Waals surface area contributed by atoms with E-state index in [1.54, 1.807) is 6.92 Å². The Kier molecular flexibility index (Phi) is 6.05. The fourth-order valence-electron chi connectivity index (χ4n) is 3.12. The van der Waals surface area contributed by atoms with E-state index >= 15 is 0 Å². The van der Waals surface area contributed by atoms with Crippen molar-refractivity contribution in [3.63, 3.8) is 0 Å². The summed E-state index contributed by atoms with van der Waals surface area (Å²) in [5, 5.41) is 21.6. The van der Waals surface area contributed by atoms with Crippen molar-refractivity contribution in [2.24, 2.45) is 4.99 Å². The molecule has 0 fully saturated rings. The SMILES string of the molecule is [C-]#[N+]C1=C(O)N2NC(C)=NC2C(CO)=C1CCCCCCCC. The third-order valence-corrected chi connectivity index (χ3v) is 4.33. The predicted molar refractivity (Wildman–Crippen MR) is 90.2 cm³/mol. The second kappa shape index (κ2) is 8.02. The molecule has 0 aliphatic carbocycles. The average Bonchev–Trinajstić information content (AvgIpc) is 2.93. The largest absolute Gasteiger partial charge is 0.502 e. The van der Waals surface area contributed by atoms with Crippen LogP contribution in [0.25, 0.3) is 4.85 Å². The van der Waals surface area contributed by atoms with Crippen LogP contribution in [0.4, 0.5) is 0 Å². The van der Waals surface area contributed by atoms with Crippen LogP contribution < -0.4 is 5.43 Å². The molecule has 126 valence electrons. The van der Waals surface area contributed by atoms with Crippen molar-refractivity contribution in [1.29, 1.82) is 0 Å². The normalized spacial score (nSPS) is 20.3. The number of aliphatic hydroxyl groups is 2. The first-order chi connectivity index (χ1) is 11.1. The minimum atomic E-state index is -0.444. The Hall–Kier alpha value is -2.00. The molecule has 2 aliphatic heterocycles. The number of aliphatic imine (C=N–C) groups is 1. The Balaban J connectivity index is 2.12. The van der Waals surface area contributed by atoms with E-state index in [1.807, 2.05) is 0 Å². The number of fused-ring (bicyclic) bond motifs is 1. The molecule has 0 amide bonds. The molecule has 0 aromatic heterocycles. The number of allylic oxidation sites excluding steroid dienone is 1. The number of rotatable bonds is 8. The molecule has 2 rings (SSSR count). The van der Waals surface area contributed by atoms with Gasteiger partial charge in [-0.1, -0.05) is 45.4 Å². The van der Waals surface area contributed by atoms with Crippen molar-refractivity contribution in [1.82, 2.24) is 10.4 Å². The minimum Gasteiger partial charge on any atom is -0.502 e. The van der Waals surface area contributed by atoms with Gasteiger partial charge in [-0.2, -0.15) is 0 Å². The molecule has 0 saturated carbocycles. The van der Waals surface area contributed by atoms with Gasteiger partial charge < -0.3 is 10.2 Å². The zero-order chi connectivity index (χ0) is 16.8. The van der Waals surface area contributed by atoms with Crippen molar-refractivity contribution in [3.05, 3.63) is 34.1 Å².